The fourth-order valence-electron chi connectivity index (χ4n) is 3.55. The number of ether oxygens (including phenoxy) is 1. The molecular weight excluding hydrogens is 422 g/mol. The summed E-state index contributed by atoms with van der Waals surface area (Å²) in [6.07, 6.45) is -0.688. The standard InChI is InChI=1S/C22H16BrNO4/c23-13-9-10-20(18(11-13)21(25)26)24-22(27)28-12-19-16-7-3-1-5-14(16)15-6-2-4-8-17(15)19/h1-11,19H,12H2,(H,24,27)(H,25,26). The normalized spacial score (nSPS) is 12.2. The zero-order valence-electron chi connectivity index (χ0n) is 14.7. The molecule has 0 bridgehead atoms. The van der Waals surface area contributed by atoms with Crippen molar-refractivity contribution in [2.24, 2.45) is 0 Å². The van der Waals surface area contributed by atoms with E-state index in [0.29, 0.717) is 4.47 Å². The Labute approximate surface area is 170 Å². The number of carbonyl (C=O) groups excluding carboxylic acids is 1. The molecule has 0 heterocycles. The second kappa shape index (κ2) is 7.48. The van der Waals surface area contributed by atoms with Gasteiger partial charge in [-0.15, -0.1) is 0 Å². The zero-order valence-corrected chi connectivity index (χ0v) is 16.3. The largest absolute Gasteiger partial charge is 0.478 e. The van der Waals surface area contributed by atoms with Gasteiger partial charge in [-0.25, -0.2) is 9.59 Å². The molecule has 0 aliphatic heterocycles. The topological polar surface area (TPSA) is 75.6 Å². The van der Waals surface area contributed by atoms with Crippen LogP contribution in [0.15, 0.2) is 71.2 Å². The van der Waals surface area contributed by atoms with E-state index < -0.39 is 12.1 Å². The zero-order chi connectivity index (χ0) is 19.7. The molecule has 4 rings (SSSR count). The fourth-order valence-corrected chi connectivity index (χ4v) is 3.91. The quantitative estimate of drug-likeness (QED) is 0.564. The first-order chi connectivity index (χ1) is 13.5. The van der Waals surface area contributed by atoms with Gasteiger partial charge in [0.1, 0.15) is 6.61 Å². The molecule has 28 heavy (non-hydrogen) atoms. The number of amides is 1. The van der Waals surface area contributed by atoms with Crippen LogP contribution in [0.1, 0.15) is 27.4 Å². The number of carboxylic acid groups (broad SMARTS) is 1. The Morgan fingerprint density at radius 1 is 0.964 bits per heavy atom. The minimum absolute atomic E-state index is 0.0112. The van der Waals surface area contributed by atoms with Crippen molar-refractivity contribution in [2.75, 3.05) is 11.9 Å². The molecule has 0 spiro atoms. The lowest BCUT2D eigenvalue weighted by molar-refractivity contribution is 0.0698. The minimum atomic E-state index is -1.13. The van der Waals surface area contributed by atoms with E-state index in [2.05, 4.69) is 33.4 Å². The number of benzene rings is 3. The third kappa shape index (κ3) is 3.39. The van der Waals surface area contributed by atoms with Crippen LogP contribution < -0.4 is 5.32 Å². The first-order valence-electron chi connectivity index (χ1n) is 8.69. The second-order valence-corrected chi connectivity index (χ2v) is 7.36. The number of nitrogens with one attached hydrogen (secondary N) is 1. The molecular formula is C22H16BrNO4. The first-order valence-corrected chi connectivity index (χ1v) is 9.48. The van der Waals surface area contributed by atoms with Crippen LogP contribution in [0, 0.1) is 0 Å². The lowest BCUT2D eigenvalue weighted by atomic mass is 9.98. The number of carbonyl (C=O) groups is 2. The van der Waals surface area contributed by atoms with Gasteiger partial charge in [-0.1, -0.05) is 64.5 Å². The van der Waals surface area contributed by atoms with Crippen molar-refractivity contribution in [3.63, 3.8) is 0 Å². The van der Waals surface area contributed by atoms with Crippen LogP contribution in [0.25, 0.3) is 11.1 Å². The van der Waals surface area contributed by atoms with Crippen molar-refractivity contribution in [1.82, 2.24) is 0 Å². The Morgan fingerprint density at radius 3 is 2.18 bits per heavy atom. The third-order valence-corrected chi connectivity index (χ3v) is 5.29. The number of anilines is 1. The fraction of sp³-hybridized carbons (Fsp3) is 0.0909. The molecule has 5 nitrogen and oxygen atoms in total. The highest BCUT2D eigenvalue weighted by Gasteiger charge is 2.29. The van der Waals surface area contributed by atoms with E-state index in [0.717, 1.165) is 22.3 Å². The Bertz CT molecular complexity index is 1030. The molecule has 1 aliphatic rings. The number of hydrogen-bond donors (Lipinski definition) is 2. The molecule has 0 saturated carbocycles. The second-order valence-electron chi connectivity index (χ2n) is 6.45. The summed E-state index contributed by atoms with van der Waals surface area (Å²) in [4.78, 5) is 23.7. The summed E-state index contributed by atoms with van der Waals surface area (Å²) in [5.74, 6) is -1.18. The monoisotopic (exact) mass is 437 g/mol. The predicted molar refractivity (Wildman–Crippen MR) is 110 cm³/mol. The van der Waals surface area contributed by atoms with E-state index in [1.54, 1.807) is 6.07 Å². The van der Waals surface area contributed by atoms with Gasteiger partial charge in [0.05, 0.1) is 11.3 Å². The molecule has 0 atom stereocenters. The van der Waals surface area contributed by atoms with Crippen LogP contribution in [0.4, 0.5) is 10.5 Å². The van der Waals surface area contributed by atoms with Gasteiger partial charge in [0.2, 0.25) is 0 Å². The van der Waals surface area contributed by atoms with Crippen LogP contribution in [-0.2, 0) is 4.74 Å². The maximum atomic E-state index is 12.3. The van der Waals surface area contributed by atoms with E-state index in [-0.39, 0.29) is 23.8 Å². The van der Waals surface area contributed by atoms with Crippen LogP contribution in [0.2, 0.25) is 0 Å². The average Bonchev–Trinajstić information content (AvgIpc) is 3.01. The Balaban J connectivity index is 1.51. The van der Waals surface area contributed by atoms with Crippen LogP contribution >= 0.6 is 15.9 Å². The Morgan fingerprint density at radius 2 is 1.57 bits per heavy atom. The number of carboxylic acids is 1. The smallest absolute Gasteiger partial charge is 0.411 e. The third-order valence-electron chi connectivity index (χ3n) is 4.79. The van der Waals surface area contributed by atoms with Crippen molar-refractivity contribution >= 4 is 33.7 Å². The molecule has 0 aromatic heterocycles. The molecule has 0 fully saturated rings. The molecule has 0 radical (unpaired) electrons. The van der Waals surface area contributed by atoms with Crippen LogP contribution in [0.5, 0.6) is 0 Å². The molecule has 140 valence electrons. The SMILES string of the molecule is O=C(Nc1ccc(Br)cc1C(=O)O)OCC1c2ccccc2-c2ccccc21. The first kappa shape index (κ1) is 18.3. The van der Waals surface area contributed by atoms with Crippen molar-refractivity contribution in [1.29, 1.82) is 0 Å². The van der Waals surface area contributed by atoms with E-state index in [1.807, 2.05) is 36.4 Å². The van der Waals surface area contributed by atoms with E-state index in [1.165, 1.54) is 12.1 Å². The van der Waals surface area contributed by atoms with E-state index >= 15 is 0 Å². The summed E-state index contributed by atoms with van der Waals surface area (Å²) in [6.45, 7) is 0.165. The summed E-state index contributed by atoms with van der Waals surface area (Å²) in [5, 5.41) is 11.8. The average molecular weight is 438 g/mol. The van der Waals surface area contributed by atoms with Crippen molar-refractivity contribution in [3.8, 4) is 11.1 Å². The lowest BCUT2D eigenvalue weighted by Gasteiger charge is -2.15. The highest BCUT2D eigenvalue weighted by molar-refractivity contribution is 9.10. The maximum Gasteiger partial charge on any atom is 0.411 e. The number of hydrogen-bond acceptors (Lipinski definition) is 3. The molecule has 1 amide bonds. The molecule has 2 N–H and O–H groups in total. The van der Waals surface area contributed by atoms with Crippen molar-refractivity contribution in [2.45, 2.75) is 5.92 Å². The Kier molecular flexibility index (Phi) is 4.88. The van der Waals surface area contributed by atoms with Gasteiger partial charge in [-0.3, -0.25) is 5.32 Å². The van der Waals surface area contributed by atoms with Gasteiger partial charge < -0.3 is 9.84 Å². The van der Waals surface area contributed by atoms with Gasteiger partial charge in [0.25, 0.3) is 0 Å². The highest BCUT2D eigenvalue weighted by atomic mass is 79.9. The number of aromatic carboxylic acids is 1. The van der Waals surface area contributed by atoms with Crippen molar-refractivity contribution < 1.29 is 19.4 Å². The maximum absolute atomic E-state index is 12.3. The number of halogens is 1. The summed E-state index contributed by atoms with van der Waals surface area (Å²) in [7, 11) is 0. The van der Waals surface area contributed by atoms with Gasteiger partial charge in [-0.2, -0.15) is 0 Å². The van der Waals surface area contributed by atoms with Gasteiger partial charge >= 0.3 is 12.1 Å². The van der Waals surface area contributed by atoms with Gasteiger partial charge in [0.15, 0.2) is 0 Å². The van der Waals surface area contributed by atoms with Crippen LogP contribution in [-0.4, -0.2) is 23.8 Å². The Hall–Kier alpha value is -3.12. The van der Waals surface area contributed by atoms with Crippen molar-refractivity contribution in [3.05, 3.63) is 87.9 Å². The highest BCUT2D eigenvalue weighted by Crippen LogP contribution is 2.44. The molecule has 3 aromatic carbocycles. The number of rotatable bonds is 4. The lowest BCUT2D eigenvalue weighted by Crippen LogP contribution is -2.19. The molecule has 0 unspecified atom stereocenters. The van der Waals surface area contributed by atoms with Crippen LogP contribution in [0.3, 0.4) is 0 Å². The molecule has 6 heteroatoms. The number of fused-ring (bicyclic) bond motifs is 3. The summed E-state index contributed by atoms with van der Waals surface area (Å²) < 4.78 is 6.07. The molecule has 1 aliphatic carbocycles. The molecule has 3 aromatic rings. The minimum Gasteiger partial charge on any atom is -0.478 e. The summed E-state index contributed by atoms with van der Waals surface area (Å²) in [6, 6.07) is 20.7. The van der Waals surface area contributed by atoms with Gasteiger partial charge in [-0.05, 0) is 40.5 Å². The van der Waals surface area contributed by atoms with E-state index in [4.69, 9.17) is 4.74 Å². The summed E-state index contributed by atoms with van der Waals surface area (Å²) in [5.41, 5.74) is 4.70. The van der Waals surface area contributed by atoms with E-state index in [9.17, 15) is 14.7 Å². The van der Waals surface area contributed by atoms with Gasteiger partial charge in [0, 0.05) is 10.4 Å². The predicted octanol–water partition coefficient (Wildman–Crippen LogP) is 5.51. The molecule has 0 saturated heterocycles. The summed E-state index contributed by atoms with van der Waals surface area (Å²) >= 11 is 3.23.